The molecule has 13 heteroatoms. The van der Waals surface area contributed by atoms with Crippen molar-refractivity contribution in [3.8, 4) is 0 Å². The minimum Gasteiger partial charge on any atom is -0.753 e. The summed E-state index contributed by atoms with van der Waals surface area (Å²) in [6.07, 6.45) is -1.21. The van der Waals surface area contributed by atoms with E-state index in [1.807, 2.05) is 0 Å². The topological polar surface area (TPSA) is 125 Å². The lowest BCUT2D eigenvalue weighted by atomic mass is 10.1. The minimum atomic E-state index is -1.21. The summed E-state index contributed by atoms with van der Waals surface area (Å²) >= 11 is 12.3. The smallest absolute Gasteiger partial charge is 0.312 e. The van der Waals surface area contributed by atoms with Crippen LogP contribution in [0, 0.1) is 5.21 Å². The number of carbonyl (C=O) groups is 4. The number of nitrogens with zero attached hydrogens (tertiary/aromatic N) is 3. The Hall–Kier alpha value is -3.19. The molecule has 182 valence electrons. The van der Waals surface area contributed by atoms with Crippen molar-refractivity contribution in [2.75, 3.05) is 11.9 Å². The molecule has 0 aromatic heterocycles. The van der Waals surface area contributed by atoms with E-state index in [4.69, 9.17) is 23.8 Å². The van der Waals surface area contributed by atoms with E-state index in [-0.39, 0.29) is 20.5 Å². The van der Waals surface area contributed by atoms with Gasteiger partial charge in [0.05, 0.1) is 15.9 Å². The Balaban J connectivity index is 1.47. The summed E-state index contributed by atoms with van der Waals surface area (Å²) in [5.41, 5.74) is 3.26. The monoisotopic (exact) mass is 532 g/mol. The molecule has 0 aliphatic carbocycles. The van der Waals surface area contributed by atoms with Crippen molar-refractivity contribution in [3.63, 3.8) is 0 Å². The minimum absolute atomic E-state index is 0.149. The van der Waals surface area contributed by atoms with Gasteiger partial charge in [-0.15, -0.1) is 0 Å². The van der Waals surface area contributed by atoms with Gasteiger partial charge in [0.2, 0.25) is 0 Å². The van der Waals surface area contributed by atoms with E-state index in [9.17, 15) is 24.4 Å². The Morgan fingerprint density at radius 3 is 2.26 bits per heavy atom. The maximum atomic E-state index is 13.1. The molecular formula is C22H19ClN5O5S2-. The molecule has 0 unspecified atom stereocenters. The van der Waals surface area contributed by atoms with E-state index in [1.165, 1.54) is 24.3 Å². The summed E-state index contributed by atoms with van der Waals surface area (Å²) < 4.78 is -0.741. The first-order valence-corrected chi connectivity index (χ1v) is 11.9. The molecule has 4 rings (SSSR count). The molecular weight excluding hydrogens is 514 g/mol. The lowest BCUT2D eigenvalue weighted by Crippen LogP contribution is -2.60. The van der Waals surface area contributed by atoms with Crippen LogP contribution in [0.15, 0.2) is 48.5 Å². The summed E-state index contributed by atoms with van der Waals surface area (Å²) in [4.78, 5) is 51.4. The number of fused-ring (bicyclic) bond motifs is 1. The van der Waals surface area contributed by atoms with Gasteiger partial charge in [-0.25, -0.2) is 9.80 Å². The second kappa shape index (κ2) is 9.46. The fourth-order valence-corrected chi connectivity index (χ4v) is 5.67. The van der Waals surface area contributed by atoms with Crippen LogP contribution in [-0.4, -0.2) is 60.5 Å². The van der Waals surface area contributed by atoms with Crippen molar-refractivity contribution in [2.45, 2.75) is 24.8 Å². The van der Waals surface area contributed by atoms with Crippen LogP contribution < -0.4 is 10.7 Å². The Morgan fingerprint density at radius 1 is 1.11 bits per heavy atom. The number of amides is 5. The van der Waals surface area contributed by atoms with E-state index < -0.39 is 41.2 Å². The van der Waals surface area contributed by atoms with Gasteiger partial charge in [0.1, 0.15) is 12.7 Å². The quantitative estimate of drug-likeness (QED) is 0.341. The molecule has 0 saturated carbocycles. The third kappa shape index (κ3) is 4.82. The van der Waals surface area contributed by atoms with Gasteiger partial charge in [-0.2, -0.15) is 0 Å². The van der Waals surface area contributed by atoms with Crippen LogP contribution in [0.1, 0.15) is 34.6 Å². The summed E-state index contributed by atoms with van der Waals surface area (Å²) in [6, 6.07) is 11.5. The van der Waals surface area contributed by atoms with Crippen molar-refractivity contribution < 1.29 is 19.2 Å². The summed E-state index contributed by atoms with van der Waals surface area (Å²) in [5.74, 6) is -1.94. The number of hydroxylamine groups is 2. The zero-order valence-electron chi connectivity index (χ0n) is 18.5. The number of hydrogen-bond acceptors (Lipinski definition) is 7. The molecule has 2 N–H and O–H groups in total. The average molecular weight is 533 g/mol. The van der Waals surface area contributed by atoms with Gasteiger partial charge in [-0.1, -0.05) is 47.7 Å². The zero-order chi connectivity index (χ0) is 25.5. The standard InChI is InChI=1S/C22H19ClN5O5S2/c1-22(2)19(28(33)20(32)24-13-9-7-12(23)8-10-13)27(21(34)35-22)25-16(29)11-26-17(30)14-5-3-4-6-15(14)18(26)31/h3-10,19H,11H2,1-2H3,(H,24,32)(H,25,29)/q-1/t19-/m1/s1. The molecule has 1 atom stereocenters. The number of thiocarbonyl (C=S) groups is 1. The Labute approximate surface area is 215 Å². The average Bonchev–Trinajstić information content (AvgIpc) is 3.18. The molecule has 35 heavy (non-hydrogen) atoms. The molecule has 0 radical (unpaired) electrons. The number of carbonyl (C=O) groups excluding carboxylic acids is 4. The highest BCUT2D eigenvalue weighted by Gasteiger charge is 2.48. The number of imide groups is 1. The summed E-state index contributed by atoms with van der Waals surface area (Å²) in [5, 5.41) is 17.3. The third-order valence-electron chi connectivity index (χ3n) is 5.36. The summed E-state index contributed by atoms with van der Waals surface area (Å²) in [6.45, 7) is 2.82. The number of urea groups is 1. The fraction of sp³-hybridized carbons (Fsp3) is 0.227. The molecule has 2 aliphatic rings. The molecule has 2 aromatic carbocycles. The highest BCUT2D eigenvalue weighted by Crippen LogP contribution is 2.41. The van der Waals surface area contributed by atoms with E-state index in [0.717, 1.165) is 21.7 Å². The second-order valence-electron chi connectivity index (χ2n) is 8.25. The summed E-state index contributed by atoms with van der Waals surface area (Å²) in [7, 11) is 0. The van der Waals surface area contributed by atoms with E-state index in [2.05, 4.69) is 10.7 Å². The first-order valence-electron chi connectivity index (χ1n) is 10.3. The van der Waals surface area contributed by atoms with Gasteiger partial charge in [0.25, 0.3) is 17.7 Å². The van der Waals surface area contributed by atoms with Crippen molar-refractivity contribution in [3.05, 3.63) is 69.9 Å². The van der Waals surface area contributed by atoms with Crippen LogP contribution in [0.25, 0.3) is 0 Å². The molecule has 10 nitrogen and oxygen atoms in total. The molecule has 2 aromatic rings. The number of rotatable bonds is 5. The maximum absolute atomic E-state index is 13.1. The van der Waals surface area contributed by atoms with Crippen molar-refractivity contribution in [1.29, 1.82) is 0 Å². The number of anilines is 1. The van der Waals surface area contributed by atoms with Crippen molar-refractivity contribution >= 4 is 69.3 Å². The molecule has 5 amide bonds. The van der Waals surface area contributed by atoms with Crippen LogP contribution in [-0.2, 0) is 4.79 Å². The van der Waals surface area contributed by atoms with E-state index in [1.54, 1.807) is 38.1 Å². The Kier molecular flexibility index (Phi) is 6.73. The number of hydrogen-bond donors (Lipinski definition) is 2. The lowest BCUT2D eigenvalue weighted by molar-refractivity contribution is -0.126. The second-order valence-corrected chi connectivity index (χ2v) is 11.0. The zero-order valence-corrected chi connectivity index (χ0v) is 20.9. The highest BCUT2D eigenvalue weighted by molar-refractivity contribution is 8.24. The van der Waals surface area contributed by atoms with Gasteiger partial charge in [0.15, 0.2) is 4.32 Å². The Morgan fingerprint density at radius 2 is 1.69 bits per heavy atom. The predicted octanol–water partition coefficient (Wildman–Crippen LogP) is 3.44. The number of benzene rings is 2. The number of hydrazine groups is 1. The van der Waals surface area contributed by atoms with Crippen LogP contribution >= 0.6 is 35.6 Å². The van der Waals surface area contributed by atoms with Gasteiger partial charge in [0, 0.05) is 10.7 Å². The van der Waals surface area contributed by atoms with Gasteiger partial charge < -0.3 is 15.6 Å². The molecule has 1 saturated heterocycles. The third-order valence-corrected chi connectivity index (χ3v) is 7.16. The van der Waals surface area contributed by atoms with Gasteiger partial charge in [-0.05, 0) is 50.2 Å². The van der Waals surface area contributed by atoms with E-state index in [0.29, 0.717) is 10.7 Å². The molecule has 1 fully saturated rings. The molecule has 0 spiro atoms. The number of halogens is 1. The fourth-order valence-electron chi connectivity index (χ4n) is 3.75. The van der Waals surface area contributed by atoms with Crippen LogP contribution in [0.4, 0.5) is 10.5 Å². The molecule has 2 heterocycles. The van der Waals surface area contributed by atoms with Crippen LogP contribution in [0.2, 0.25) is 5.02 Å². The largest absolute Gasteiger partial charge is 0.753 e. The van der Waals surface area contributed by atoms with Crippen molar-refractivity contribution in [2.24, 2.45) is 0 Å². The van der Waals surface area contributed by atoms with Crippen LogP contribution in [0.3, 0.4) is 0 Å². The van der Waals surface area contributed by atoms with Gasteiger partial charge in [-0.3, -0.25) is 24.7 Å². The maximum Gasteiger partial charge on any atom is 0.312 e. The predicted molar refractivity (Wildman–Crippen MR) is 136 cm³/mol. The molecule has 0 bridgehead atoms. The first kappa shape index (κ1) is 24.9. The first-order chi connectivity index (χ1) is 16.5. The Bertz CT molecular complexity index is 1200. The SMILES string of the molecule is CC1(C)SC(=S)N(NC(=O)CN2C(=O)c3ccccc3C2=O)[C@@H]1N([O-])C(=O)Nc1ccc(Cl)cc1. The van der Waals surface area contributed by atoms with Crippen molar-refractivity contribution in [1.82, 2.24) is 20.4 Å². The van der Waals surface area contributed by atoms with Gasteiger partial charge >= 0.3 is 6.03 Å². The van der Waals surface area contributed by atoms with E-state index >= 15 is 0 Å². The lowest BCUT2D eigenvalue weighted by Gasteiger charge is -2.44. The highest BCUT2D eigenvalue weighted by atomic mass is 35.5. The molecule has 2 aliphatic heterocycles. The normalized spacial score (nSPS) is 18.5. The van der Waals surface area contributed by atoms with Crippen LogP contribution in [0.5, 0.6) is 0 Å². The number of nitrogens with one attached hydrogen (secondary N) is 2. The number of thioether (sulfide) groups is 1.